The number of methoxy groups -OCH3 is 1. The van der Waals surface area contributed by atoms with Crippen molar-refractivity contribution in [3.63, 3.8) is 0 Å². The molecule has 1 N–H and O–H groups in total. The van der Waals surface area contributed by atoms with Gasteiger partial charge in [0.1, 0.15) is 5.75 Å². The minimum Gasteiger partial charge on any atom is -0.496 e. The SMILES string of the molecule is COc1ccccc1/C=C1/SC(=Nc2cccnc2)NC1=O. The van der Waals surface area contributed by atoms with Crippen molar-refractivity contribution in [3.8, 4) is 5.75 Å². The predicted octanol–water partition coefficient (Wildman–Crippen LogP) is 2.98. The van der Waals surface area contributed by atoms with Gasteiger partial charge in [-0.15, -0.1) is 0 Å². The van der Waals surface area contributed by atoms with Crippen LogP contribution in [0.1, 0.15) is 5.56 Å². The summed E-state index contributed by atoms with van der Waals surface area (Å²) in [5.74, 6) is 0.555. The standard InChI is InChI=1S/C16H13N3O2S/c1-21-13-7-3-2-5-11(13)9-14-15(20)19-16(22-14)18-12-6-4-8-17-10-12/h2-10H,1H3,(H,18,19,20)/b14-9+. The molecule has 3 rings (SSSR count). The van der Waals surface area contributed by atoms with Crippen LogP contribution in [-0.4, -0.2) is 23.2 Å². The molecule has 1 amide bonds. The molecule has 6 heteroatoms. The lowest BCUT2D eigenvalue weighted by Crippen LogP contribution is -2.19. The number of carbonyl (C=O) groups is 1. The molecule has 1 aliphatic rings. The van der Waals surface area contributed by atoms with Crippen LogP contribution in [0.5, 0.6) is 5.75 Å². The highest BCUT2D eigenvalue weighted by Crippen LogP contribution is 2.30. The van der Waals surface area contributed by atoms with E-state index in [4.69, 9.17) is 4.74 Å². The number of nitrogens with one attached hydrogen (secondary N) is 1. The lowest BCUT2D eigenvalue weighted by atomic mass is 10.2. The Morgan fingerprint density at radius 2 is 2.14 bits per heavy atom. The van der Waals surface area contributed by atoms with Crippen molar-refractivity contribution in [2.24, 2.45) is 4.99 Å². The van der Waals surface area contributed by atoms with E-state index in [0.717, 1.165) is 11.3 Å². The minimum atomic E-state index is -0.168. The molecule has 110 valence electrons. The van der Waals surface area contributed by atoms with Gasteiger partial charge in [0, 0.05) is 11.8 Å². The van der Waals surface area contributed by atoms with Gasteiger partial charge >= 0.3 is 0 Å². The van der Waals surface area contributed by atoms with Gasteiger partial charge in [-0.1, -0.05) is 18.2 Å². The Bertz CT molecular complexity index is 757. The number of amidine groups is 1. The molecule has 5 nitrogen and oxygen atoms in total. The second kappa shape index (κ2) is 6.44. The molecule has 0 aliphatic carbocycles. The third-order valence-electron chi connectivity index (χ3n) is 2.95. The summed E-state index contributed by atoms with van der Waals surface area (Å²) in [6.07, 6.45) is 5.11. The number of hydrogen-bond donors (Lipinski definition) is 1. The van der Waals surface area contributed by atoms with Crippen LogP contribution >= 0.6 is 11.8 Å². The van der Waals surface area contributed by atoms with E-state index in [1.54, 1.807) is 31.6 Å². The Hall–Kier alpha value is -2.60. The molecule has 22 heavy (non-hydrogen) atoms. The molecule has 0 spiro atoms. The van der Waals surface area contributed by atoms with Gasteiger partial charge in [0.25, 0.3) is 5.91 Å². The topological polar surface area (TPSA) is 63.6 Å². The smallest absolute Gasteiger partial charge is 0.264 e. The fourth-order valence-corrected chi connectivity index (χ4v) is 2.78. The summed E-state index contributed by atoms with van der Waals surface area (Å²) < 4.78 is 5.29. The number of pyridine rings is 1. The van der Waals surface area contributed by atoms with E-state index in [9.17, 15) is 4.79 Å². The van der Waals surface area contributed by atoms with E-state index in [-0.39, 0.29) is 5.91 Å². The fraction of sp³-hybridized carbons (Fsp3) is 0.0625. The maximum Gasteiger partial charge on any atom is 0.264 e. The Kier molecular flexibility index (Phi) is 4.20. The lowest BCUT2D eigenvalue weighted by Gasteiger charge is -2.03. The van der Waals surface area contributed by atoms with Gasteiger partial charge < -0.3 is 10.1 Å². The monoisotopic (exact) mass is 311 g/mol. The predicted molar refractivity (Wildman–Crippen MR) is 88.0 cm³/mol. The molecule has 0 bridgehead atoms. The Morgan fingerprint density at radius 3 is 2.91 bits per heavy atom. The molecule has 1 aliphatic heterocycles. The quantitative estimate of drug-likeness (QED) is 0.885. The zero-order valence-corrected chi connectivity index (χ0v) is 12.6. The van der Waals surface area contributed by atoms with E-state index in [1.807, 2.05) is 30.3 Å². The number of benzene rings is 1. The number of hydrogen-bond acceptors (Lipinski definition) is 5. The van der Waals surface area contributed by atoms with Crippen LogP contribution in [0.2, 0.25) is 0 Å². The van der Waals surface area contributed by atoms with Crippen molar-refractivity contribution in [2.75, 3.05) is 7.11 Å². The summed E-state index contributed by atoms with van der Waals surface area (Å²) in [4.78, 5) is 21.0. The van der Waals surface area contributed by atoms with Gasteiger partial charge in [0.05, 0.1) is 23.9 Å². The minimum absolute atomic E-state index is 0.168. The van der Waals surface area contributed by atoms with Gasteiger partial charge in [0.2, 0.25) is 0 Å². The van der Waals surface area contributed by atoms with Crippen molar-refractivity contribution in [1.82, 2.24) is 10.3 Å². The van der Waals surface area contributed by atoms with Crippen molar-refractivity contribution < 1.29 is 9.53 Å². The molecule has 1 aromatic heterocycles. The maximum absolute atomic E-state index is 12.0. The van der Waals surface area contributed by atoms with Crippen LogP contribution in [0.15, 0.2) is 58.7 Å². The zero-order chi connectivity index (χ0) is 15.4. The Morgan fingerprint density at radius 1 is 1.27 bits per heavy atom. The second-order valence-corrected chi connectivity index (χ2v) is 5.47. The summed E-state index contributed by atoms with van der Waals surface area (Å²) in [6, 6.07) is 11.2. The molecule has 2 aromatic rings. The van der Waals surface area contributed by atoms with Crippen LogP contribution < -0.4 is 10.1 Å². The largest absolute Gasteiger partial charge is 0.496 e. The molecule has 1 saturated heterocycles. The van der Waals surface area contributed by atoms with Gasteiger partial charge in [-0.3, -0.25) is 9.78 Å². The van der Waals surface area contributed by atoms with Crippen LogP contribution in [0.3, 0.4) is 0 Å². The van der Waals surface area contributed by atoms with E-state index in [0.29, 0.717) is 15.8 Å². The average molecular weight is 311 g/mol. The maximum atomic E-state index is 12.0. The number of carbonyl (C=O) groups excluding carboxylic acids is 1. The average Bonchev–Trinajstić information content (AvgIpc) is 2.88. The third kappa shape index (κ3) is 3.17. The number of aliphatic imine (C=N–C) groups is 1. The Balaban J connectivity index is 1.86. The number of ether oxygens (including phenoxy) is 1. The summed E-state index contributed by atoms with van der Waals surface area (Å²) in [5, 5.41) is 3.29. The van der Waals surface area contributed by atoms with E-state index >= 15 is 0 Å². The number of rotatable bonds is 3. The molecule has 0 unspecified atom stereocenters. The first-order valence-electron chi connectivity index (χ1n) is 6.59. The van der Waals surface area contributed by atoms with Gasteiger partial charge in [-0.05, 0) is 36.0 Å². The van der Waals surface area contributed by atoms with E-state index < -0.39 is 0 Å². The Labute approximate surface area is 132 Å². The summed E-state index contributed by atoms with van der Waals surface area (Å²) >= 11 is 1.29. The molecular formula is C16H13N3O2S. The molecule has 1 aromatic carbocycles. The van der Waals surface area contributed by atoms with Crippen molar-refractivity contribution in [3.05, 3.63) is 59.3 Å². The molecule has 1 fully saturated rings. The molecular weight excluding hydrogens is 298 g/mol. The first-order valence-corrected chi connectivity index (χ1v) is 7.40. The van der Waals surface area contributed by atoms with E-state index in [1.165, 1.54) is 11.8 Å². The van der Waals surface area contributed by atoms with E-state index in [2.05, 4.69) is 15.3 Å². The normalized spacial score (nSPS) is 17.8. The number of nitrogens with zero attached hydrogens (tertiary/aromatic N) is 2. The van der Waals surface area contributed by atoms with Crippen LogP contribution in [-0.2, 0) is 4.79 Å². The highest BCUT2D eigenvalue weighted by atomic mass is 32.2. The summed E-state index contributed by atoms with van der Waals surface area (Å²) in [5.41, 5.74) is 1.55. The number of para-hydroxylation sites is 1. The van der Waals surface area contributed by atoms with Gasteiger partial charge in [-0.2, -0.15) is 0 Å². The van der Waals surface area contributed by atoms with Crippen LogP contribution in [0.4, 0.5) is 5.69 Å². The molecule has 0 saturated carbocycles. The number of aromatic nitrogens is 1. The lowest BCUT2D eigenvalue weighted by molar-refractivity contribution is -0.115. The third-order valence-corrected chi connectivity index (χ3v) is 3.86. The fourth-order valence-electron chi connectivity index (χ4n) is 1.94. The van der Waals surface area contributed by atoms with Gasteiger partial charge in [-0.25, -0.2) is 4.99 Å². The van der Waals surface area contributed by atoms with Crippen molar-refractivity contribution in [2.45, 2.75) is 0 Å². The molecule has 2 heterocycles. The van der Waals surface area contributed by atoms with Gasteiger partial charge in [0.15, 0.2) is 5.17 Å². The van der Waals surface area contributed by atoms with Crippen LogP contribution in [0.25, 0.3) is 6.08 Å². The zero-order valence-electron chi connectivity index (χ0n) is 11.8. The first kappa shape index (κ1) is 14.3. The summed E-state index contributed by atoms with van der Waals surface area (Å²) in [7, 11) is 1.61. The van der Waals surface area contributed by atoms with Crippen molar-refractivity contribution in [1.29, 1.82) is 0 Å². The number of thioether (sulfide) groups is 1. The first-order chi connectivity index (χ1) is 10.8. The highest BCUT2D eigenvalue weighted by Gasteiger charge is 2.24. The highest BCUT2D eigenvalue weighted by molar-refractivity contribution is 8.18. The molecule has 0 atom stereocenters. The van der Waals surface area contributed by atoms with Crippen LogP contribution in [0, 0.1) is 0 Å². The van der Waals surface area contributed by atoms with Crippen molar-refractivity contribution >= 4 is 34.6 Å². The second-order valence-electron chi connectivity index (χ2n) is 4.43. The summed E-state index contributed by atoms with van der Waals surface area (Å²) in [6.45, 7) is 0. The number of amides is 1. The molecule has 0 radical (unpaired) electrons.